The summed E-state index contributed by atoms with van der Waals surface area (Å²) in [5, 5.41) is 25.4. The van der Waals surface area contributed by atoms with E-state index in [2.05, 4.69) is 29.6 Å². The third-order valence-electron chi connectivity index (χ3n) is 6.47. The van der Waals surface area contributed by atoms with Crippen molar-refractivity contribution in [3.05, 3.63) is 102 Å². The highest BCUT2D eigenvalue weighted by atomic mass is 16.5. The third-order valence-corrected chi connectivity index (χ3v) is 6.47. The molecule has 4 aromatic carbocycles. The number of amides is 1. The van der Waals surface area contributed by atoms with Crippen molar-refractivity contribution in [2.75, 3.05) is 18.9 Å². The first-order chi connectivity index (χ1) is 16.5. The standard InChI is InChI=1S/C28H26N2O4/c29-25-14-13-23(21-11-5-6-12-22(21)25)27(32)26(31)15-30-28(33)34-16-24-19-9-3-1-7-17(19)18-8-2-4-10-20(18)24/h1-14,24,26-27,31-32H,15-16,29H2,(H,30,33). The summed E-state index contributed by atoms with van der Waals surface area (Å²) in [6.07, 6.45) is -3.05. The Morgan fingerprint density at radius 1 is 0.853 bits per heavy atom. The number of aliphatic hydroxyl groups excluding tert-OH is 2. The molecule has 0 bridgehead atoms. The summed E-state index contributed by atoms with van der Waals surface area (Å²) >= 11 is 0. The highest BCUT2D eigenvalue weighted by Gasteiger charge is 2.29. The van der Waals surface area contributed by atoms with Gasteiger partial charge in [-0.3, -0.25) is 0 Å². The summed E-state index contributed by atoms with van der Waals surface area (Å²) in [5.74, 6) is -0.0465. The molecule has 1 aliphatic carbocycles. The van der Waals surface area contributed by atoms with Crippen LogP contribution in [0.25, 0.3) is 21.9 Å². The summed E-state index contributed by atoms with van der Waals surface area (Å²) in [5.41, 5.74) is 11.7. The molecule has 0 aromatic heterocycles. The molecule has 0 aliphatic heterocycles. The SMILES string of the molecule is Nc1ccc(C(O)C(O)CNC(=O)OCC2c3ccccc3-c3ccccc32)c2ccccc12. The molecular weight excluding hydrogens is 428 g/mol. The maximum atomic E-state index is 12.4. The number of carbonyl (C=O) groups excluding carboxylic acids is 1. The fourth-order valence-electron chi connectivity index (χ4n) is 4.76. The minimum atomic E-state index is -1.22. The van der Waals surface area contributed by atoms with E-state index in [1.165, 1.54) is 0 Å². The van der Waals surface area contributed by atoms with Crippen molar-refractivity contribution in [1.29, 1.82) is 0 Å². The summed E-state index contributed by atoms with van der Waals surface area (Å²) in [6, 6.07) is 27.0. The summed E-state index contributed by atoms with van der Waals surface area (Å²) in [6.45, 7) is 0.0254. The van der Waals surface area contributed by atoms with Gasteiger partial charge in [0.2, 0.25) is 0 Å². The molecular formula is C28H26N2O4. The number of carbonyl (C=O) groups is 1. The molecule has 5 N–H and O–H groups in total. The van der Waals surface area contributed by atoms with Gasteiger partial charge in [-0.25, -0.2) is 4.79 Å². The average molecular weight is 455 g/mol. The fourth-order valence-corrected chi connectivity index (χ4v) is 4.76. The number of alkyl carbamates (subject to hydrolysis) is 1. The number of fused-ring (bicyclic) bond motifs is 4. The number of rotatable bonds is 6. The maximum Gasteiger partial charge on any atom is 0.407 e. The van der Waals surface area contributed by atoms with Crippen LogP contribution in [0.1, 0.15) is 28.7 Å². The number of hydrogen-bond donors (Lipinski definition) is 4. The van der Waals surface area contributed by atoms with Crippen molar-refractivity contribution in [1.82, 2.24) is 5.32 Å². The zero-order valence-electron chi connectivity index (χ0n) is 18.5. The van der Waals surface area contributed by atoms with E-state index in [4.69, 9.17) is 10.5 Å². The Morgan fingerprint density at radius 3 is 2.12 bits per heavy atom. The van der Waals surface area contributed by atoms with Crippen molar-refractivity contribution >= 4 is 22.6 Å². The van der Waals surface area contributed by atoms with Gasteiger partial charge in [0.25, 0.3) is 0 Å². The molecule has 5 rings (SSSR count). The molecule has 2 unspecified atom stereocenters. The van der Waals surface area contributed by atoms with E-state index < -0.39 is 18.3 Å². The Balaban J connectivity index is 1.22. The van der Waals surface area contributed by atoms with Gasteiger partial charge in [0.05, 0.1) is 0 Å². The van der Waals surface area contributed by atoms with Crippen molar-refractivity contribution in [2.24, 2.45) is 0 Å². The predicted molar refractivity (Wildman–Crippen MR) is 132 cm³/mol. The monoisotopic (exact) mass is 454 g/mol. The third kappa shape index (κ3) is 3.98. The largest absolute Gasteiger partial charge is 0.449 e. The van der Waals surface area contributed by atoms with E-state index in [1.807, 2.05) is 48.5 Å². The number of aliphatic hydroxyl groups is 2. The Hall–Kier alpha value is -3.87. The van der Waals surface area contributed by atoms with Crippen LogP contribution in [-0.2, 0) is 4.74 Å². The lowest BCUT2D eigenvalue weighted by atomic mass is 9.96. The first-order valence-corrected chi connectivity index (χ1v) is 11.3. The lowest BCUT2D eigenvalue weighted by Gasteiger charge is -2.21. The van der Waals surface area contributed by atoms with Crippen LogP contribution < -0.4 is 11.1 Å². The number of benzene rings is 4. The molecule has 4 aromatic rings. The van der Waals surface area contributed by atoms with E-state index >= 15 is 0 Å². The second kappa shape index (κ2) is 9.17. The Morgan fingerprint density at radius 2 is 1.44 bits per heavy atom. The van der Waals surface area contributed by atoms with E-state index in [0.29, 0.717) is 11.3 Å². The van der Waals surface area contributed by atoms with Crippen molar-refractivity contribution < 1.29 is 19.7 Å². The molecule has 1 amide bonds. The molecule has 172 valence electrons. The Labute approximate surface area is 197 Å². The zero-order chi connectivity index (χ0) is 23.7. The van der Waals surface area contributed by atoms with Crippen LogP contribution in [0.3, 0.4) is 0 Å². The number of hydrogen-bond acceptors (Lipinski definition) is 5. The van der Waals surface area contributed by atoms with Gasteiger partial charge < -0.3 is 26.0 Å². The zero-order valence-corrected chi connectivity index (χ0v) is 18.5. The lowest BCUT2D eigenvalue weighted by Crippen LogP contribution is -2.36. The van der Waals surface area contributed by atoms with E-state index in [1.54, 1.807) is 12.1 Å². The molecule has 1 aliphatic rings. The van der Waals surface area contributed by atoms with E-state index in [9.17, 15) is 15.0 Å². The summed E-state index contributed by atoms with van der Waals surface area (Å²) < 4.78 is 5.50. The quantitative estimate of drug-likeness (QED) is 0.324. The van der Waals surface area contributed by atoms with Crippen LogP contribution in [0.15, 0.2) is 84.9 Å². The van der Waals surface area contributed by atoms with Gasteiger partial charge in [-0.2, -0.15) is 0 Å². The highest BCUT2D eigenvalue weighted by Crippen LogP contribution is 2.44. The number of nitrogens with two attached hydrogens (primary N) is 1. The van der Waals surface area contributed by atoms with E-state index in [-0.39, 0.29) is 19.1 Å². The van der Waals surface area contributed by atoms with Gasteiger partial charge in [0.15, 0.2) is 0 Å². The molecule has 34 heavy (non-hydrogen) atoms. The van der Waals surface area contributed by atoms with Gasteiger partial charge in [0, 0.05) is 23.5 Å². The second-order valence-electron chi connectivity index (χ2n) is 8.51. The number of nitrogen functional groups attached to an aromatic ring is 1. The normalized spacial score (nSPS) is 14.3. The first-order valence-electron chi connectivity index (χ1n) is 11.3. The van der Waals surface area contributed by atoms with Crippen LogP contribution in [0.2, 0.25) is 0 Å². The molecule has 0 spiro atoms. The topological polar surface area (TPSA) is 105 Å². The molecule has 0 heterocycles. The maximum absolute atomic E-state index is 12.4. The highest BCUT2D eigenvalue weighted by molar-refractivity contribution is 5.95. The number of nitrogens with one attached hydrogen (secondary N) is 1. The van der Waals surface area contributed by atoms with E-state index in [0.717, 1.165) is 33.0 Å². The van der Waals surface area contributed by atoms with Crippen molar-refractivity contribution in [2.45, 2.75) is 18.1 Å². The van der Waals surface area contributed by atoms with Gasteiger partial charge in [-0.05, 0) is 39.3 Å². The number of ether oxygens (including phenoxy) is 1. The van der Waals surface area contributed by atoms with Crippen LogP contribution >= 0.6 is 0 Å². The second-order valence-corrected chi connectivity index (χ2v) is 8.51. The van der Waals surface area contributed by atoms with Crippen LogP contribution in [0.5, 0.6) is 0 Å². The molecule has 0 saturated carbocycles. The first kappa shape index (κ1) is 21.9. The van der Waals surface area contributed by atoms with Gasteiger partial charge in [-0.15, -0.1) is 0 Å². The van der Waals surface area contributed by atoms with Crippen LogP contribution in [0, 0.1) is 0 Å². The van der Waals surface area contributed by atoms with Crippen molar-refractivity contribution in [3.63, 3.8) is 0 Å². The minimum Gasteiger partial charge on any atom is -0.449 e. The van der Waals surface area contributed by atoms with Gasteiger partial charge in [0.1, 0.15) is 18.8 Å². The van der Waals surface area contributed by atoms with Gasteiger partial charge >= 0.3 is 6.09 Å². The minimum absolute atomic E-state index is 0.0465. The molecule has 6 heteroatoms. The van der Waals surface area contributed by atoms with Gasteiger partial charge in [-0.1, -0.05) is 78.9 Å². The average Bonchev–Trinajstić information content (AvgIpc) is 3.20. The van der Waals surface area contributed by atoms with Crippen LogP contribution in [0.4, 0.5) is 10.5 Å². The predicted octanol–water partition coefficient (Wildman–Crippen LogP) is 4.36. The Bertz CT molecular complexity index is 1310. The lowest BCUT2D eigenvalue weighted by molar-refractivity contribution is 0.0194. The molecule has 6 nitrogen and oxygen atoms in total. The molecule has 0 saturated heterocycles. The smallest absolute Gasteiger partial charge is 0.407 e. The molecule has 0 radical (unpaired) electrons. The molecule has 0 fully saturated rings. The Kier molecular flexibility index (Phi) is 5.92. The summed E-state index contributed by atoms with van der Waals surface area (Å²) in [4.78, 5) is 12.4. The van der Waals surface area contributed by atoms with Crippen LogP contribution in [-0.4, -0.2) is 35.6 Å². The fraction of sp³-hybridized carbons (Fsp3) is 0.179. The van der Waals surface area contributed by atoms with Crippen molar-refractivity contribution in [3.8, 4) is 11.1 Å². The number of anilines is 1. The summed E-state index contributed by atoms with van der Waals surface area (Å²) in [7, 11) is 0. The molecule has 2 atom stereocenters.